The average molecular weight is 243 g/mol. The Morgan fingerprint density at radius 3 is 2.67 bits per heavy atom. The summed E-state index contributed by atoms with van der Waals surface area (Å²) in [6.07, 6.45) is 6.08. The summed E-state index contributed by atoms with van der Waals surface area (Å²) in [7, 11) is 1.79. The first-order valence-electron chi connectivity index (χ1n) is 6.32. The van der Waals surface area contributed by atoms with E-state index in [2.05, 4.69) is 22.3 Å². The van der Waals surface area contributed by atoms with Crippen LogP contribution in [0.5, 0.6) is 0 Å². The third kappa shape index (κ3) is 1.93. The van der Waals surface area contributed by atoms with Crippen molar-refractivity contribution in [1.29, 1.82) is 0 Å². The van der Waals surface area contributed by atoms with Gasteiger partial charge in [0.2, 0.25) is 0 Å². The molecule has 0 aliphatic heterocycles. The highest BCUT2D eigenvalue weighted by molar-refractivity contribution is 5.32. The summed E-state index contributed by atoms with van der Waals surface area (Å²) in [4.78, 5) is 0. The maximum Gasteiger partial charge on any atom is 0.140 e. The molecule has 0 bridgehead atoms. The molecule has 0 radical (unpaired) electrons. The van der Waals surface area contributed by atoms with E-state index in [0.29, 0.717) is 0 Å². The van der Waals surface area contributed by atoms with Gasteiger partial charge in [-0.3, -0.25) is 4.57 Å². The molecule has 1 heterocycles. The maximum absolute atomic E-state index is 5.66. The lowest BCUT2D eigenvalue weighted by Crippen LogP contribution is -2.42. The van der Waals surface area contributed by atoms with Crippen LogP contribution in [0.25, 0.3) is 5.69 Å². The zero-order valence-corrected chi connectivity index (χ0v) is 10.5. The first kappa shape index (κ1) is 11.4. The van der Waals surface area contributed by atoms with Gasteiger partial charge in [0, 0.05) is 19.2 Å². The quantitative estimate of drug-likeness (QED) is 0.827. The molecule has 1 aromatic heterocycles. The number of ether oxygens (including phenoxy) is 1. The Morgan fingerprint density at radius 2 is 2.06 bits per heavy atom. The van der Waals surface area contributed by atoms with Crippen molar-refractivity contribution in [3.8, 4) is 5.69 Å². The number of hydrogen-bond donors (Lipinski definition) is 0. The van der Waals surface area contributed by atoms with Crippen LogP contribution in [0.2, 0.25) is 0 Å². The molecule has 1 aromatic carbocycles. The van der Waals surface area contributed by atoms with Crippen molar-refractivity contribution in [3.05, 3.63) is 42.5 Å². The molecule has 94 valence electrons. The van der Waals surface area contributed by atoms with Crippen LogP contribution in [0.3, 0.4) is 0 Å². The minimum absolute atomic E-state index is 0.0143. The Bertz CT molecular complexity index is 511. The van der Waals surface area contributed by atoms with Crippen molar-refractivity contribution in [2.75, 3.05) is 7.11 Å². The molecule has 1 aliphatic rings. The smallest absolute Gasteiger partial charge is 0.140 e. The summed E-state index contributed by atoms with van der Waals surface area (Å²) in [5, 5.41) is 8.27. The van der Waals surface area contributed by atoms with Crippen LogP contribution in [-0.4, -0.2) is 27.5 Å². The van der Waals surface area contributed by atoms with E-state index >= 15 is 0 Å². The van der Waals surface area contributed by atoms with E-state index in [0.717, 1.165) is 30.8 Å². The Balaban J connectivity index is 1.88. The second-order valence-electron chi connectivity index (χ2n) is 4.87. The van der Waals surface area contributed by atoms with Crippen LogP contribution in [-0.2, 0) is 11.2 Å². The first-order valence-corrected chi connectivity index (χ1v) is 6.32. The maximum atomic E-state index is 5.66. The summed E-state index contributed by atoms with van der Waals surface area (Å²) < 4.78 is 7.70. The van der Waals surface area contributed by atoms with Crippen LogP contribution < -0.4 is 0 Å². The predicted octanol–water partition coefficient (Wildman–Crippen LogP) is 2.38. The lowest BCUT2D eigenvalue weighted by Gasteiger charge is -2.40. The molecular formula is C14H17N3O. The van der Waals surface area contributed by atoms with Gasteiger partial charge < -0.3 is 4.74 Å². The zero-order chi connectivity index (χ0) is 12.4. The van der Waals surface area contributed by atoms with Crippen molar-refractivity contribution in [2.24, 2.45) is 0 Å². The molecule has 1 saturated carbocycles. The molecular weight excluding hydrogens is 226 g/mol. The molecule has 3 rings (SSSR count). The monoisotopic (exact) mass is 243 g/mol. The van der Waals surface area contributed by atoms with Crippen LogP contribution in [0, 0.1) is 0 Å². The van der Waals surface area contributed by atoms with Crippen molar-refractivity contribution in [3.63, 3.8) is 0 Å². The standard InChI is InChI=1S/C14H17N3O/c1-18-14(8-5-9-14)10-13-16-15-11-17(13)12-6-3-2-4-7-12/h2-4,6-7,11H,5,8-10H2,1H3. The summed E-state index contributed by atoms with van der Waals surface area (Å²) in [5.41, 5.74) is 1.09. The van der Waals surface area contributed by atoms with Crippen molar-refractivity contribution in [1.82, 2.24) is 14.8 Å². The minimum Gasteiger partial charge on any atom is -0.378 e. The van der Waals surface area contributed by atoms with Gasteiger partial charge in [-0.05, 0) is 31.4 Å². The van der Waals surface area contributed by atoms with E-state index in [9.17, 15) is 0 Å². The van der Waals surface area contributed by atoms with E-state index in [4.69, 9.17) is 4.74 Å². The van der Waals surface area contributed by atoms with Gasteiger partial charge in [-0.15, -0.1) is 10.2 Å². The van der Waals surface area contributed by atoms with Crippen molar-refractivity contribution >= 4 is 0 Å². The Hall–Kier alpha value is -1.68. The SMILES string of the molecule is COC1(Cc2nncn2-c2ccccc2)CCC1. The van der Waals surface area contributed by atoms with Crippen LogP contribution in [0.4, 0.5) is 0 Å². The number of para-hydroxylation sites is 1. The summed E-state index contributed by atoms with van der Waals surface area (Å²) in [5.74, 6) is 0.975. The van der Waals surface area contributed by atoms with Crippen molar-refractivity contribution in [2.45, 2.75) is 31.3 Å². The number of aromatic nitrogens is 3. The van der Waals surface area contributed by atoms with Gasteiger partial charge in [0.15, 0.2) is 0 Å². The second kappa shape index (κ2) is 4.53. The zero-order valence-electron chi connectivity index (χ0n) is 10.5. The van der Waals surface area contributed by atoms with Gasteiger partial charge in [0.1, 0.15) is 12.2 Å². The normalized spacial score (nSPS) is 17.4. The van der Waals surface area contributed by atoms with E-state index in [1.807, 2.05) is 22.8 Å². The fourth-order valence-corrected chi connectivity index (χ4v) is 2.50. The van der Waals surface area contributed by atoms with Crippen LogP contribution in [0.15, 0.2) is 36.7 Å². The van der Waals surface area contributed by atoms with Crippen LogP contribution >= 0.6 is 0 Å². The van der Waals surface area contributed by atoms with E-state index < -0.39 is 0 Å². The number of nitrogens with zero attached hydrogens (tertiary/aromatic N) is 3. The Labute approximate surface area is 107 Å². The summed E-state index contributed by atoms with van der Waals surface area (Å²) in [6, 6.07) is 10.2. The molecule has 2 aromatic rings. The van der Waals surface area contributed by atoms with Crippen molar-refractivity contribution < 1.29 is 4.74 Å². The highest BCUT2D eigenvalue weighted by Gasteiger charge is 2.38. The molecule has 0 N–H and O–H groups in total. The highest BCUT2D eigenvalue weighted by Crippen LogP contribution is 2.37. The van der Waals surface area contributed by atoms with Crippen LogP contribution in [0.1, 0.15) is 25.1 Å². The fourth-order valence-electron chi connectivity index (χ4n) is 2.50. The predicted molar refractivity (Wildman–Crippen MR) is 68.7 cm³/mol. The fraction of sp³-hybridized carbons (Fsp3) is 0.429. The minimum atomic E-state index is -0.0143. The molecule has 1 fully saturated rings. The number of rotatable bonds is 4. The van der Waals surface area contributed by atoms with E-state index in [1.54, 1.807) is 13.4 Å². The number of methoxy groups -OCH3 is 1. The molecule has 18 heavy (non-hydrogen) atoms. The Morgan fingerprint density at radius 1 is 1.28 bits per heavy atom. The third-order valence-corrected chi connectivity index (χ3v) is 3.83. The molecule has 4 heteroatoms. The highest BCUT2D eigenvalue weighted by atomic mass is 16.5. The number of benzene rings is 1. The Kier molecular flexibility index (Phi) is 2.88. The van der Waals surface area contributed by atoms with Gasteiger partial charge >= 0.3 is 0 Å². The molecule has 0 amide bonds. The molecule has 0 atom stereocenters. The molecule has 1 aliphatic carbocycles. The molecule has 0 spiro atoms. The largest absolute Gasteiger partial charge is 0.378 e. The lowest BCUT2D eigenvalue weighted by atomic mass is 9.77. The van der Waals surface area contributed by atoms with E-state index in [1.165, 1.54) is 6.42 Å². The summed E-state index contributed by atoms with van der Waals surface area (Å²) >= 11 is 0. The third-order valence-electron chi connectivity index (χ3n) is 3.83. The van der Waals surface area contributed by atoms with Gasteiger partial charge in [0.05, 0.1) is 5.60 Å². The molecule has 0 saturated heterocycles. The molecule has 0 unspecified atom stereocenters. The topological polar surface area (TPSA) is 39.9 Å². The molecule has 4 nitrogen and oxygen atoms in total. The number of hydrogen-bond acceptors (Lipinski definition) is 3. The van der Waals surface area contributed by atoms with Gasteiger partial charge in [-0.2, -0.15) is 0 Å². The van der Waals surface area contributed by atoms with E-state index in [-0.39, 0.29) is 5.60 Å². The van der Waals surface area contributed by atoms with Gasteiger partial charge in [0.25, 0.3) is 0 Å². The van der Waals surface area contributed by atoms with Gasteiger partial charge in [-0.1, -0.05) is 18.2 Å². The second-order valence-corrected chi connectivity index (χ2v) is 4.87. The lowest BCUT2D eigenvalue weighted by molar-refractivity contribution is -0.0723. The average Bonchev–Trinajstić information content (AvgIpc) is 2.83. The van der Waals surface area contributed by atoms with Gasteiger partial charge in [-0.25, -0.2) is 0 Å². The summed E-state index contributed by atoms with van der Waals surface area (Å²) in [6.45, 7) is 0. The first-order chi connectivity index (χ1) is 8.83.